The highest BCUT2D eigenvalue weighted by molar-refractivity contribution is 5.97. The molecule has 1 aliphatic carbocycles. The van der Waals surface area contributed by atoms with Crippen LogP contribution in [-0.2, 0) is 0 Å². The molecule has 2 aromatic rings. The number of aromatic nitrogens is 4. The Labute approximate surface area is 129 Å². The lowest BCUT2D eigenvalue weighted by Gasteiger charge is -2.43. The van der Waals surface area contributed by atoms with Gasteiger partial charge in [-0.25, -0.2) is 14.6 Å². The van der Waals surface area contributed by atoms with Gasteiger partial charge >= 0.3 is 6.18 Å². The van der Waals surface area contributed by atoms with Crippen molar-refractivity contribution in [2.45, 2.75) is 25.4 Å². The van der Waals surface area contributed by atoms with E-state index in [1.807, 2.05) is 0 Å². The van der Waals surface area contributed by atoms with E-state index in [4.69, 9.17) is 0 Å². The third kappa shape index (κ3) is 2.78. The molecule has 1 saturated carbocycles. The van der Waals surface area contributed by atoms with Gasteiger partial charge in [0, 0.05) is 12.7 Å². The molecule has 6 nitrogen and oxygen atoms in total. The van der Waals surface area contributed by atoms with Gasteiger partial charge in [-0.3, -0.25) is 4.79 Å². The highest BCUT2D eigenvalue weighted by atomic mass is 19.4. The summed E-state index contributed by atoms with van der Waals surface area (Å²) in [5, 5.41) is 6.28. The summed E-state index contributed by atoms with van der Waals surface area (Å²) in [6, 6.07) is 3.03. The van der Waals surface area contributed by atoms with Crippen molar-refractivity contribution in [3.63, 3.8) is 0 Å². The molecule has 1 amide bonds. The van der Waals surface area contributed by atoms with Gasteiger partial charge in [0.25, 0.3) is 5.91 Å². The van der Waals surface area contributed by atoms with Gasteiger partial charge in [0.2, 0.25) is 0 Å². The highest BCUT2D eigenvalue weighted by Gasteiger charge is 2.58. The van der Waals surface area contributed by atoms with Crippen LogP contribution in [-0.4, -0.2) is 38.4 Å². The summed E-state index contributed by atoms with van der Waals surface area (Å²) in [4.78, 5) is 20.1. The summed E-state index contributed by atoms with van der Waals surface area (Å²) in [5.41, 5.74) is -1.66. The molecule has 0 unspecified atom stereocenters. The summed E-state index contributed by atoms with van der Waals surface area (Å²) in [7, 11) is 0. The summed E-state index contributed by atoms with van der Waals surface area (Å²) < 4.78 is 40.7. The Morgan fingerprint density at radius 2 is 2.17 bits per heavy atom. The Bertz CT molecular complexity index is 695. The Balaban J connectivity index is 1.77. The molecule has 1 fully saturated rings. The van der Waals surface area contributed by atoms with E-state index >= 15 is 0 Å². The van der Waals surface area contributed by atoms with Gasteiger partial charge in [-0.2, -0.15) is 18.3 Å². The summed E-state index contributed by atoms with van der Waals surface area (Å²) >= 11 is 0. The van der Waals surface area contributed by atoms with Crippen molar-refractivity contribution >= 4 is 5.91 Å². The third-order valence-electron chi connectivity index (χ3n) is 4.17. The van der Waals surface area contributed by atoms with Crippen LogP contribution in [0.25, 0.3) is 5.82 Å². The smallest absolute Gasteiger partial charge is 0.351 e. The van der Waals surface area contributed by atoms with E-state index in [9.17, 15) is 18.0 Å². The molecule has 0 aromatic carbocycles. The molecule has 1 aliphatic rings. The molecule has 122 valence electrons. The number of pyridine rings is 1. The normalized spacial score (nSPS) is 16.7. The lowest BCUT2D eigenvalue weighted by molar-refractivity contribution is -0.247. The summed E-state index contributed by atoms with van der Waals surface area (Å²) in [6.45, 7) is -0.430. The standard InChI is InChI=1S/C14H14F3N5O/c15-14(16,17)13(4-2-5-13)7-20-12(23)10-3-1-6-19-11(10)22-9-18-8-21-22/h1,3,6,8-9H,2,4-5,7H2,(H,20,23). The Kier molecular flexibility index (Phi) is 3.78. The quantitative estimate of drug-likeness (QED) is 0.934. The first-order chi connectivity index (χ1) is 10.9. The number of nitrogens with one attached hydrogen (secondary N) is 1. The lowest BCUT2D eigenvalue weighted by Crippen LogP contribution is -2.51. The molecule has 0 bridgehead atoms. The second-order valence-corrected chi connectivity index (χ2v) is 5.53. The van der Waals surface area contributed by atoms with Crippen LogP contribution in [0.4, 0.5) is 13.2 Å². The van der Waals surface area contributed by atoms with Gasteiger partial charge in [0.05, 0.1) is 11.0 Å². The third-order valence-corrected chi connectivity index (χ3v) is 4.17. The number of carbonyl (C=O) groups excluding carboxylic acids is 1. The summed E-state index contributed by atoms with van der Waals surface area (Å²) in [5.74, 6) is -0.392. The molecule has 23 heavy (non-hydrogen) atoms. The van der Waals surface area contributed by atoms with E-state index in [0.717, 1.165) is 0 Å². The first-order valence-corrected chi connectivity index (χ1v) is 7.08. The average molecular weight is 325 g/mol. The molecule has 2 aromatic heterocycles. The van der Waals surface area contributed by atoms with Crippen molar-refractivity contribution in [1.29, 1.82) is 0 Å². The van der Waals surface area contributed by atoms with Gasteiger partial charge in [0.15, 0.2) is 5.82 Å². The molecule has 0 spiro atoms. The molecule has 0 atom stereocenters. The van der Waals surface area contributed by atoms with Crippen LogP contribution < -0.4 is 5.32 Å². The fourth-order valence-corrected chi connectivity index (χ4v) is 2.58. The van der Waals surface area contributed by atoms with E-state index in [1.54, 1.807) is 0 Å². The van der Waals surface area contributed by atoms with Crippen molar-refractivity contribution in [3.8, 4) is 5.82 Å². The fourth-order valence-electron chi connectivity index (χ4n) is 2.58. The largest absolute Gasteiger partial charge is 0.396 e. The van der Waals surface area contributed by atoms with Crippen LogP contribution in [0.15, 0.2) is 31.0 Å². The molecule has 0 saturated heterocycles. The predicted molar refractivity (Wildman–Crippen MR) is 73.8 cm³/mol. The van der Waals surface area contributed by atoms with Crippen LogP contribution >= 0.6 is 0 Å². The van der Waals surface area contributed by atoms with E-state index in [-0.39, 0.29) is 24.2 Å². The predicted octanol–water partition coefficient (Wildman–Crippen LogP) is 2.12. The molecule has 0 radical (unpaired) electrons. The number of carbonyl (C=O) groups is 1. The number of hydrogen-bond donors (Lipinski definition) is 1. The SMILES string of the molecule is O=C(NCC1(C(F)(F)F)CCC1)c1cccnc1-n1cncn1. The highest BCUT2D eigenvalue weighted by Crippen LogP contribution is 2.52. The Morgan fingerprint density at radius 3 is 2.74 bits per heavy atom. The molecule has 9 heteroatoms. The minimum absolute atomic E-state index is 0.0414. The van der Waals surface area contributed by atoms with Crippen molar-refractivity contribution in [2.24, 2.45) is 5.41 Å². The number of amides is 1. The summed E-state index contributed by atoms with van der Waals surface area (Å²) in [6.07, 6.45) is 0.400. The number of alkyl halides is 3. The van der Waals surface area contributed by atoms with Crippen molar-refractivity contribution in [3.05, 3.63) is 36.5 Å². The Hall–Kier alpha value is -2.45. The molecular weight excluding hydrogens is 311 g/mol. The maximum Gasteiger partial charge on any atom is 0.396 e. The zero-order chi connectivity index (χ0) is 16.5. The van der Waals surface area contributed by atoms with E-state index in [0.29, 0.717) is 6.42 Å². The van der Waals surface area contributed by atoms with Crippen LogP contribution in [0.3, 0.4) is 0 Å². The van der Waals surface area contributed by atoms with Crippen molar-refractivity contribution in [1.82, 2.24) is 25.1 Å². The van der Waals surface area contributed by atoms with Crippen LogP contribution in [0.2, 0.25) is 0 Å². The minimum atomic E-state index is -4.32. The number of nitrogens with zero attached hydrogens (tertiary/aromatic N) is 4. The van der Waals surface area contributed by atoms with Gasteiger partial charge in [-0.1, -0.05) is 6.42 Å². The van der Waals surface area contributed by atoms with Gasteiger partial charge in [-0.05, 0) is 25.0 Å². The number of halogens is 3. The number of rotatable bonds is 4. The molecule has 0 aliphatic heterocycles. The van der Waals surface area contributed by atoms with E-state index < -0.39 is 24.0 Å². The first-order valence-electron chi connectivity index (χ1n) is 7.08. The zero-order valence-electron chi connectivity index (χ0n) is 12.0. The molecule has 3 rings (SSSR count). The number of hydrogen-bond acceptors (Lipinski definition) is 4. The Morgan fingerprint density at radius 1 is 1.39 bits per heavy atom. The fraction of sp³-hybridized carbons (Fsp3) is 0.429. The minimum Gasteiger partial charge on any atom is -0.351 e. The molecule has 1 N–H and O–H groups in total. The maximum atomic E-state index is 13.1. The van der Waals surface area contributed by atoms with Crippen LogP contribution in [0.1, 0.15) is 29.6 Å². The van der Waals surface area contributed by atoms with Gasteiger partial charge < -0.3 is 5.32 Å². The first kappa shape index (κ1) is 15.4. The van der Waals surface area contributed by atoms with Gasteiger partial charge in [0.1, 0.15) is 12.7 Å². The van der Waals surface area contributed by atoms with E-state index in [2.05, 4.69) is 20.4 Å². The van der Waals surface area contributed by atoms with E-state index in [1.165, 1.54) is 35.7 Å². The average Bonchev–Trinajstić information content (AvgIpc) is 2.98. The van der Waals surface area contributed by atoms with Crippen molar-refractivity contribution < 1.29 is 18.0 Å². The van der Waals surface area contributed by atoms with Gasteiger partial charge in [-0.15, -0.1) is 0 Å². The second kappa shape index (κ2) is 5.64. The maximum absolute atomic E-state index is 13.1. The molecule has 2 heterocycles. The second-order valence-electron chi connectivity index (χ2n) is 5.53. The van der Waals surface area contributed by atoms with Crippen LogP contribution in [0.5, 0.6) is 0 Å². The van der Waals surface area contributed by atoms with Crippen molar-refractivity contribution in [2.75, 3.05) is 6.54 Å². The van der Waals surface area contributed by atoms with Crippen LogP contribution in [0, 0.1) is 5.41 Å². The molecular formula is C14H14F3N5O. The monoisotopic (exact) mass is 325 g/mol. The lowest BCUT2D eigenvalue weighted by atomic mass is 9.68. The zero-order valence-corrected chi connectivity index (χ0v) is 12.0. The topological polar surface area (TPSA) is 72.7 Å².